The predicted octanol–water partition coefficient (Wildman–Crippen LogP) is 3.10. The lowest BCUT2D eigenvalue weighted by molar-refractivity contribution is 0.104. The number of aromatic hydroxyl groups is 1. The molecular weight excluding hydrogens is 294 g/mol. The molecule has 0 atom stereocenters. The maximum atomic E-state index is 12.4. The van der Waals surface area contributed by atoms with Crippen LogP contribution in [-0.4, -0.2) is 15.9 Å². The van der Waals surface area contributed by atoms with Crippen LogP contribution in [0.5, 0.6) is 5.75 Å². The second-order valence-electron chi connectivity index (χ2n) is 5.07. The summed E-state index contributed by atoms with van der Waals surface area (Å²) in [4.78, 5) is 28.0. The maximum absolute atomic E-state index is 12.4. The van der Waals surface area contributed by atoms with Crippen LogP contribution in [0.1, 0.15) is 21.5 Å². The quantitative estimate of drug-likeness (QED) is 0.457. The number of carbonyl (C=O) groups excluding carboxylic acids is 1. The molecule has 2 aromatic heterocycles. The number of nitrogens with zero attached hydrogens (tertiary/aromatic N) is 1. The Bertz CT molecular complexity index is 971. The van der Waals surface area contributed by atoms with Crippen molar-refractivity contribution < 1.29 is 14.3 Å². The van der Waals surface area contributed by atoms with Crippen LogP contribution < -0.4 is 5.63 Å². The highest BCUT2D eigenvalue weighted by molar-refractivity contribution is 6.15. The third-order valence-electron chi connectivity index (χ3n) is 3.46. The van der Waals surface area contributed by atoms with Crippen LogP contribution in [0.15, 0.2) is 58.0 Å². The number of rotatable bonds is 3. The maximum Gasteiger partial charge on any atom is 0.336 e. The molecule has 3 rings (SSSR count). The number of ketones is 1. The molecular formula is C18H13NO4. The number of pyridine rings is 1. The van der Waals surface area contributed by atoms with Gasteiger partial charge in [0.05, 0.1) is 0 Å². The zero-order chi connectivity index (χ0) is 16.4. The smallest absolute Gasteiger partial charge is 0.336 e. The first-order chi connectivity index (χ1) is 11.1. The van der Waals surface area contributed by atoms with E-state index < -0.39 is 11.4 Å². The standard InChI is InChI=1S/C18H13NO4/c1-11-9-16(22)23-18-13(11)5-7-15(21)17(18)14(20)6-4-12-3-2-8-19-10-12/h2-10,21H,1H3/b6-4+. The average Bonchev–Trinajstić information content (AvgIpc) is 2.53. The van der Waals surface area contributed by atoms with E-state index in [2.05, 4.69) is 4.98 Å². The SMILES string of the molecule is Cc1cc(=O)oc2c(C(=O)/C=C/c3cccnc3)c(O)ccc12. The lowest BCUT2D eigenvalue weighted by Crippen LogP contribution is -2.03. The molecule has 0 saturated heterocycles. The number of fused-ring (bicyclic) bond motifs is 1. The Labute approximate surface area is 131 Å². The van der Waals surface area contributed by atoms with Gasteiger partial charge in [0.1, 0.15) is 11.3 Å². The molecule has 5 heteroatoms. The fraction of sp³-hybridized carbons (Fsp3) is 0.0556. The Morgan fingerprint density at radius 1 is 1.30 bits per heavy atom. The van der Waals surface area contributed by atoms with Gasteiger partial charge in [0.2, 0.25) is 0 Å². The molecule has 0 aliphatic heterocycles. The highest BCUT2D eigenvalue weighted by atomic mass is 16.4. The first-order valence-electron chi connectivity index (χ1n) is 6.95. The number of aromatic nitrogens is 1. The molecule has 23 heavy (non-hydrogen) atoms. The van der Waals surface area contributed by atoms with E-state index in [1.807, 2.05) is 0 Å². The van der Waals surface area contributed by atoms with Gasteiger partial charge in [0, 0.05) is 23.8 Å². The molecule has 1 aromatic carbocycles. The fourth-order valence-electron chi connectivity index (χ4n) is 2.34. The summed E-state index contributed by atoms with van der Waals surface area (Å²) >= 11 is 0. The first kappa shape index (κ1) is 14.7. The van der Waals surface area contributed by atoms with Crippen molar-refractivity contribution in [1.29, 1.82) is 0 Å². The topological polar surface area (TPSA) is 80.4 Å². The van der Waals surface area contributed by atoms with Gasteiger partial charge < -0.3 is 9.52 Å². The van der Waals surface area contributed by atoms with Crippen molar-refractivity contribution >= 4 is 22.8 Å². The molecule has 0 radical (unpaired) electrons. The van der Waals surface area contributed by atoms with E-state index in [9.17, 15) is 14.7 Å². The van der Waals surface area contributed by atoms with Gasteiger partial charge >= 0.3 is 5.63 Å². The van der Waals surface area contributed by atoms with Crippen molar-refractivity contribution in [3.63, 3.8) is 0 Å². The first-order valence-corrected chi connectivity index (χ1v) is 6.95. The number of phenolic OH excluding ortho intramolecular Hbond substituents is 1. The van der Waals surface area contributed by atoms with E-state index in [4.69, 9.17) is 4.42 Å². The number of carbonyl (C=O) groups is 1. The van der Waals surface area contributed by atoms with Gasteiger partial charge in [0.15, 0.2) is 11.4 Å². The molecule has 3 aromatic rings. The molecule has 114 valence electrons. The lowest BCUT2D eigenvalue weighted by atomic mass is 10.0. The highest BCUT2D eigenvalue weighted by Crippen LogP contribution is 2.28. The van der Waals surface area contributed by atoms with Crippen LogP contribution >= 0.6 is 0 Å². The summed E-state index contributed by atoms with van der Waals surface area (Å²) in [6.07, 6.45) is 6.14. The summed E-state index contributed by atoms with van der Waals surface area (Å²) in [7, 11) is 0. The van der Waals surface area contributed by atoms with Crippen LogP contribution in [0.25, 0.3) is 17.0 Å². The number of allylic oxidation sites excluding steroid dienone is 1. The van der Waals surface area contributed by atoms with E-state index in [1.165, 1.54) is 18.2 Å². The number of hydrogen-bond donors (Lipinski definition) is 1. The third kappa shape index (κ3) is 2.89. The zero-order valence-electron chi connectivity index (χ0n) is 12.3. The molecule has 0 bridgehead atoms. The van der Waals surface area contributed by atoms with E-state index >= 15 is 0 Å². The lowest BCUT2D eigenvalue weighted by Gasteiger charge is -2.06. The highest BCUT2D eigenvalue weighted by Gasteiger charge is 2.17. The zero-order valence-corrected chi connectivity index (χ0v) is 12.3. The fourth-order valence-corrected chi connectivity index (χ4v) is 2.34. The number of hydrogen-bond acceptors (Lipinski definition) is 5. The van der Waals surface area contributed by atoms with Crippen LogP contribution in [0, 0.1) is 6.92 Å². The number of phenols is 1. The van der Waals surface area contributed by atoms with Gasteiger partial charge in [-0.15, -0.1) is 0 Å². The molecule has 2 heterocycles. The van der Waals surface area contributed by atoms with Crippen molar-refractivity contribution in [3.05, 3.63) is 75.9 Å². The van der Waals surface area contributed by atoms with Crippen LogP contribution in [0.3, 0.4) is 0 Å². The second kappa shape index (κ2) is 5.88. The number of aryl methyl sites for hydroxylation is 1. The average molecular weight is 307 g/mol. The molecule has 0 aliphatic rings. The summed E-state index contributed by atoms with van der Waals surface area (Å²) < 4.78 is 5.14. The van der Waals surface area contributed by atoms with Crippen molar-refractivity contribution in [1.82, 2.24) is 4.98 Å². The van der Waals surface area contributed by atoms with Gasteiger partial charge in [-0.2, -0.15) is 0 Å². The normalized spacial score (nSPS) is 11.2. The predicted molar refractivity (Wildman–Crippen MR) is 86.5 cm³/mol. The van der Waals surface area contributed by atoms with Crippen molar-refractivity contribution in [2.75, 3.05) is 0 Å². The van der Waals surface area contributed by atoms with Crippen LogP contribution in [0.2, 0.25) is 0 Å². The van der Waals surface area contributed by atoms with Crippen molar-refractivity contribution in [2.24, 2.45) is 0 Å². The Morgan fingerprint density at radius 2 is 2.13 bits per heavy atom. The molecule has 0 aliphatic carbocycles. The van der Waals surface area contributed by atoms with Gasteiger partial charge in [-0.1, -0.05) is 6.07 Å². The Hall–Kier alpha value is -3.21. The van der Waals surface area contributed by atoms with Gasteiger partial charge in [-0.05, 0) is 48.4 Å². The van der Waals surface area contributed by atoms with Gasteiger partial charge in [-0.3, -0.25) is 9.78 Å². The summed E-state index contributed by atoms with van der Waals surface area (Å²) in [5.74, 6) is -0.683. The van der Waals surface area contributed by atoms with Gasteiger partial charge in [0.25, 0.3) is 0 Å². The Morgan fingerprint density at radius 3 is 2.87 bits per heavy atom. The van der Waals surface area contributed by atoms with E-state index in [-0.39, 0.29) is 16.9 Å². The largest absolute Gasteiger partial charge is 0.507 e. The molecule has 5 nitrogen and oxygen atoms in total. The number of benzene rings is 1. The summed E-state index contributed by atoms with van der Waals surface area (Å²) in [6, 6.07) is 7.93. The molecule has 1 N–H and O–H groups in total. The Balaban J connectivity index is 2.12. The van der Waals surface area contributed by atoms with E-state index in [1.54, 1.807) is 43.6 Å². The van der Waals surface area contributed by atoms with Crippen molar-refractivity contribution in [2.45, 2.75) is 6.92 Å². The van der Waals surface area contributed by atoms with E-state index in [0.717, 1.165) is 5.56 Å². The minimum atomic E-state index is -0.564. The summed E-state index contributed by atoms with van der Waals surface area (Å²) in [5.41, 5.74) is 0.935. The van der Waals surface area contributed by atoms with Crippen molar-refractivity contribution in [3.8, 4) is 5.75 Å². The van der Waals surface area contributed by atoms with Crippen LogP contribution in [0.4, 0.5) is 0 Å². The monoisotopic (exact) mass is 307 g/mol. The molecule has 0 spiro atoms. The molecule has 0 saturated carbocycles. The van der Waals surface area contributed by atoms with E-state index in [0.29, 0.717) is 10.9 Å². The van der Waals surface area contributed by atoms with Gasteiger partial charge in [-0.25, -0.2) is 4.79 Å². The van der Waals surface area contributed by atoms with Crippen LogP contribution in [-0.2, 0) is 0 Å². The molecule has 0 fully saturated rings. The third-order valence-corrected chi connectivity index (χ3v) is 3.46. The minimum Gasteiger partial charge on any atom is -0.507 e. The Kier molecular flexibility index (Phi) is 3.76. The molecule has 0 amide bonds. The summed E-state index contributed by atoms with van der Waals surface area (Å²) in [6.45, 7) is 1.75. The summed E-state index contributed by atoms with van der Waals surface area (Å²) in [5, 5.41) is 10.6. The molecule has 0 unspecified atom stereocenters. The minimum absolute atomic E-state index is 0.0246. The second-order valence-corrected chi connectivity index (χ2v) is 5.07.